The summed E-state index contributed by atoms with van der Waals surface area (Å²) < 4.78 is 11.3. The van der Waals surface area contributed by atoms with Crippen LogP contribution in [0.15, 0.2) is 107 Å². The Balaban J connectivity index is 0.000000196. The lowest BCUT2D eigenvalue weighted by molar-refractivity contribution is -0.128. The number of hydrogen-bond acceptors (Lipinski definition) is 13. The summed E-state index contributed by atoms with van der Waals surface area (Å²) in [4.78, 5) is 109. The number of benzene rings is 2. The van der Waals surface area contributed by atoms with Gasteiger partial charge in [0.05, 0.1) is 36.1 Å². The number of piperazine rings is 2. The lowest BCUT2D eigenvalue weighted by atomic mass is 9.95. The highest BCUT2D eigenvalue weighted by Gasteiger charge is 2.44. The zero-order valence-corrected chi connectivity index (χ0v) is 59.2. The van der Waals surface area contributed by atoms with Crippen molar-refractivity contribution in [2.75, 3.05) is 78.5 Å². The maximum Gasteiger partial charge on any atom is 0.410 e. The van der Waals surface area contributed by atoms with Crippen LogP contribution in [0.4, 0.5) is 19.2 Å². The number of nitrogens with zero attached hydrogens (tertiary/aromatic N) is 12. The molecule has 0 radical (unpaired) electrons. The molecule has 4 fully saturated rings. The molecule has 24 nitrogen and oxygen atoms in total. The summed E-state index contributed by atoms with van der Waals surface area (Å²) in [5, 5.41) is 13.9. The molecule has 8 heterocycles. The fourth-order valence-corrected chi connectivity index (χ4v) is 15.0. The van der Waals surface area contributed by atoms with Crippen molar-refractivity contribution in [3.63, 3.8) is 0 Å². The number of likely N-dealkylation sites (tertiary alicyclic amines) is 2. The molecule has 0 saturated carbocycles. The first kappa shape index (κ1) is 70.0. The van der Waals surface area contributed by atoms with Crippen LogP contribution in [0, 0.1) is 0 Å². The third kappa shape index (κ3) is 17.7. The molecule has 9 amide bonds. The minimum Gasteiger partial charge on any atom is -0.444 e. The fraction of sp³-hybridized carbons (Fsp3) is 0.500. The number of piperidine rings is 2. The van der Waals surface area contributed by atoms with Crippen LogP contribution in [0.2, 0.25) is 10.0 Å². The molecule has 28 heteroatoms. The largest absolute Gasteiger partial charge is 0.444 e. The number of halogens is 4. The third-order valence-corrected chi connectivity index (χ3v) is 20.1. The number of nitrogens with two attached hydrogens (primary N) is 1. The number of fused-ring (bicyclic) bond motifs is 4. The van der Waals surface area contributed by atoms with Crippen LogP contribution in [-0.4, -0.2) is 203 Å². The molecular formula is C68H85Br2Cl2N17O7. The first-order valence-corrected chi connectivity index (χ1v) is 35.5. The number of hydrogen-bond donors (Lipinski definition) is 5. The van der Waals surface area contributed by atoms with Crippen molar-refractivity contribution in [1.29, 1.82) is 0 Å². The van der Waals surface area contributed by atoms with E-state index in [-0.39, 0.29) is 54.1 Å². The predicted molar refractivity (Wildman–Crippen MR) is 371 cm³/mol. The van der Waals surface area contributed by atoms with Crippen molar-refractivity contribution in [3.8, 4) is 0 Å². The lowest BCUT2D eigenvalue weighted by Crippen LogP contribution is -2.64. The van der Waals surface area contributed by atoms with Gasteiger partial charge in [0.15, 0.2) is 0 Å². The van der Waals surface area contributed by atoms with Crippen LogP contribution in [0.3, 0.4) is 0 Å². The van der Waals surface area contributed by atoms with E-state index in [1.54, 1.807) is 44.6 Å². The standard InChI is InChI=1S/C36H46BrClN8O4.C32H39BrClN9O3/c1-36(2,3)50-35(49)44-14-9-28(10-15-44)42-34(48)46-18-17-45(22-30(46)33(47)40-11-4-13-43-16-12-39-23-43)32-29-8-7-27(38)20-24(29)5-6-25-19-26(37)21-41-31(25)32;33-23-16-22-3-2-21-17-24(34)4-5-26(21)29(28(22)38-18-23)42-14-15-43(32(46)39-25-6-11-41(12-7-25)31(35)45)27(19-42)30(44)37-8-1-10-40-13-9-36-20-40/h7-8,12,16,19-21,23,28,30,32H,4-6,9-11,13-15,17-18,22H2,1-3H3,(H,40,47)(H,42,48);4-5,9,13,16-18,20,25,27,29H,1-3,6-8,10-12,14-15,19H2,(H2,35,45)(H,37,44)(H,39,46). The van der Waals surface area contributed by atoms with Crippen LogP contribution in [0.5, 0.6) is 0 Å². The Bertz CT molecular complexity index is 3610. The van der Waals surface area contributed by atoms with Crippen LogP contribution in [0.25, 0.3) is 0 Å². The topological polar surface area (TPSA) is 267 Å². The van der Waals surface area contributed by atoms with Crippen molar-refractivity contribution in [1.82, 2.24) is 79.7 Å². The fourth-order valence-electron chi connectivity index (χ4n) is 13.9. The number of nitrogens with one attached hydrogen (secondary N) is 4. The maximum atomic E-state index is 14.0. The van der Waals surface area contributed by atoms with E-state index in [1.807, 2.05) is 79.0 Å². The molecule has 512 valence electrons. The van der Waals surface area contributed by atoms with E-state index in [1.165, 1.54) is 0 Å². The SMILES string of the molecule is CC(C)(C)OC(=O)N1CCC(NC(=O)N2CCN(C3c4ccc(Cl)cc4CCc4cc(Br)cnc43)CC2C(=O)NCCCn2ccnc2)CC1.NC(=O)N1CCC(NC(=O)N2CCN(C3c4ccc(Cl)cc4CCc4cc(Br)cnc43)CC2C(=O)NCCCn2ccnc2)CC1. The predicted octanol–water partition coefficient (Wildman–Crippen LogP) is 8.51. The van der Waals surface area contributed by atoms with Gasteiger partial charge in [0.2, 0.25) is 11.8 Å². The lowest BCUT2D eigenvalue weighted by Gasteiger charge is -2.44. The van der Waals surface area contributed by atoms with Crippen LogP contribution < -0.4 is 27.0 Å². The smallest absolute Gasteiger partial charge is 0.410 e. The van der Waals surface area contributed by atoms with Crippen molar-refractivity contribution >= 4 is 91.1 Å². The van der Waals surface area contributed by atoms with Crippen molar-refractivity contribution in [2.24, 2.45) is 5.73 Å². The molecule has 0 spiro atoms. The van der Waals surface area contributed by atoms with Crippen LogP contribution in [0.1, 0.15) is 116 Å². The molecule has 6 aliphatic rings. The molecule has 4 unspecified atom stereocenters. The van der Waals surface area contributed by atoms with Gasteiger partial charge in [-0.3, -0.25) is 29.4 Å². The van der Waals surface area contributed by atoms with Crippen molar-refractivity contribution in [2.45, 2.75) is 140 Å². The minimum atomic E-state index is -0.725. The Morgan fingerprint density at radius 1 is 0.583 bits per heavy atom. The number of aromatic nitrogens is 6. The summed E-state index contributed by atoms with van der Waals surface area (Å²) in [5.41, 5.74) is 13.7. The minimum absolute atomic E-state index is 0.104. The highest BCUT2D eigenvalue weighted by atomic mass is 79.9. The first-order valence-electron chi connectivity index (χ1n) is 33.2. The molecule has 4 aromatic heterocycles. The van der Waals surface area contributed by atoms with Gasteiger partial charge in [0, 0.05) is 160 Å². The van der Waals surface area contributed by atoms with E-state index in [2.05, 4.69) is 97.2 Å². The molecule has 96 heavy (non-hydrogen) atoms. The van der Waals surface area contributed by atoms with Gasteiger partial charge in [-0.1, -0.05) is 35.3 Å². The second-order valence-corrected chi connectivity index (χ2v) is 29.1. The molecule has 6 aromatic rings. The summed E-state index contributed by atoms with van der Waals surface area (Å²) in [6.07, 6.45) is 21.3. The number of carbonyl (C=O) groups is 6. The number of carbonyl (C=O) groups excluding carboxylic acids is 6. The number of pyridine rings is 2. The van der Waals surface area contributed by atoms with Gasteiger partial charge >= 0.3 is 24.2 Å². The van der Waals surface area contributed by atoms with E-state index in [0.29, 0.717) is 114 Å². The summed E-state index contributed by atoms with van der Waals surface area (Å²) >= 11 is 20.1. The van der Waals surface area contributed by atoms with Gasteiger partial charge in [-0.25, -0.2) is 29.1 Å². The number of ether oxygens (including phenoxy) is 1. The number of imidazole rings is 2. The molecule has 4 atom stereocenters. The van der Waals surface area contributed by atoms with E-state index in [4.69, 9.17) is 43.6 Å². The normalized spacial score (nSPS) is 20.2. The van der Waals surface area contributed by atoms with Crippen LogP contribution >= 0.6 is 55.1 Å². The molecule has 12 rings (SSSR count). The van der Waals surface area contributed by atoms with E-state index >= 15 is 0 Å². The summed E-state index contributed by atoms with van der Waals surface area (Å²) in [6, 6.07) is 13.2. The number of rotatable bonds is 14. The third-order valence-electron chi connectivity index (χ3n) is 18.8. The average molecular weight is 1480 g/mol. The number of amides is 9. The van der Waals surface area contributed by atoms with Gasteiger partial charge in [0.1, 0.15) is 17.7 Å². The molecule has 2 aliphatic carbocycles. The number of urea groups is 3. The van der Waals surface area contributed by atoms with Gasteiger partial charge < -0.3 is 60.5 Å². The summed E-state index contributed by atoms with van der Waals surface area (Å²) in [7, 11) is 0. The zero-order valence-electron chi connectivity index (χ0n) is 54.5. The van der Waals surface area contributed by atoms with Crippen LogP contribution in [-0.2, 0) is 53.1 Å². The Morgan fingerprint density at radius 3 is 1.42 bits per heavy atom. The quantitative estimate of drug-likeness (QED) is 0.0641. The Hall–Kier alpha value is -7.36. The Labute approximate surface area is 587 Å². The Kier molecular flexibility index (Phi) is 23.2. The molecular weight excluding hydrogens is 1400 g/mol. The second kappa shape index (κ2) is 31.9. The number of primary amides is 1. The average Bonchev–Trinajstić information content (AvgIpc) is 1.35. The molecule has 4 aliphatic heterocycles. The van der Waals surface area contributed by atoms with Gasteiger partial charge in [-0.05, 0) is 187 Å². The van der Waals surface area contributed by atoms with E-state index in [0.717, 1.165) is 105 Å². The molecule has 0 bridgehead atoms. The van der Waals surface area contributed by atoms with Gasteiger partial charge in [-0.15, -0.1) is 0 Å². The highest BCUT2D eigenvalue weighted by molar-refractivity contribution is 9.10. The highest BCUT2D eigenvalue weighted by Crippen LogP contribution is 2.41. The van der Waals surface area contributed by atoms with Gasteiger partial charge in [0.25, 0.3) is 0 Å². The maximum absolute atomic E-state index is 14.0. The second-order valence-electron chi connectivity index (χ2n) is 26.4. The molecule has 6 N–H and O–H groups in total. The van der Waals surface area contributed by atoms with E-state index < -0.39 is 23.7 Å². The van der Waals surface area contributed by atoms with Crippen molar-refractivity contribution in [3.05, 3.63) is 162 Å². The Morgan fingerprint density at radius 2 is 1.01 bits per heavy atom. The van der Waals surface area contributed by atoms with Gasteiger partial charge in [-0.2, -0.15) is 0 Å². The first-order chi connectivity index (χ1) is 46.2. The monoisotopic (exact) mass is 1480 g/mol. The molecule has 4 saturated heterocycles. The van der Waals surface area contributed by atoms with E-state index in [9.17, 15) is 28.8 Å². The number of aryl methyl sites for hydroxylation is 6. The summed E-state index contributed by atoms with van der Waals surface area (Å²) in [6.45, 7) is 12.4. The molecule has 2 aromatic carbocycles. The zero-order chi connectivity index (χ0) is 67.6. The van der Waals surface area contributed by atoms with Crippen molar-refractivity contribution < 1.29 is 33.5 Å². The summed E-state index contributed by atoms with van der Waals surface area (Å²) in [5.74, 6) is -0.382.